The van der Waals surface area contributed by atoms with E-state index < -0.39 is 10.0 Å². The van der Waals surface area contributed by atoms with Gasteiger partial charge in [-0.15, -0.1) is 0 Å². The maximum atomic E-state index is 11.7. The molecule has 154 valence electrons. The summed E-state index contributed by atoms with van der Waals surface area (Å²) < 4.78 is 26.8. The maximum Gasteiger partial charge on any atom is 0.211 e. The van der Waals surface area contributed by atoms with Gasteiger partial charge in [-0.2, -0.15) is 14.5 Å². The fourth-order valence-electron chi connectivity index (χ4n) is 3.66. The number of benzene rings is 1. The molecule has 1 aliphatic rings. The number of nitrogens with one attached hydrogen (secondary N) is 1. The van der Waals surface area contributed by atoms with Crippen LogP contribution in [0.5, 0.6) is 0 Å². The zero-order valence-corrected chi connectivity index (χ0v) is 17.1. The van der Waals surface area contributed by atoms with Gasteiger partial charge >= 0.3 is 0 Å². The van der Waals surface area contributed by atoms with Crippen LogP contribution in [0.15, 0.2) is 49.1 Å². The Morgan fingerprint density at radius 2 is 1.80 bits per heavy atom. The van der Waals surface area contributed by atoms with Crippen molar-refractivity contribution in [3.8, 4) is 17.1 Å². The van der Waals surface area contributed by atoms with E-state index in [0.717, 1.165) is 28.0 Å². The van der Waals surface area contributed by atoms with Crippen molar-refractivity contribution >= 4 is 26.7 Å². The summed E-state index contributed by atoms with van der Waals surface area (Å²) in [6, 6.07) is 9.88. The number of fused-ring (bicyclic) bond motifs is 1. The zero-order chi connectivity index (χ0) is 20.7. The van der Waals surface area contributed by atoms with Gasteiger partial charge < -0.3 is 4.90 Å². The summed E-state index contributed by atoms with van der Waals surface area (Å²) >= 11 is 0. The molecule has 0 saturated carbocycles. The number of nitrogens with zero attached hydrogens (tertiary/aromatic N) is 7. The number of piperazine rings is 1. The van der Waals surface area contributed by atoms with Crippen LogP contribution in [0.3, 0.4) is 0 Å². The summed E-state index contributed by atoms with van der Waals surface area (Å²) in [5.74, 6) is 1.41. The second-order valence-corrected chi connectivity index (χ2v) is 9.17. The van der Waals surface area contributed by atoms with Gasteiger partial charge in [0.2, 0.25) is 10.0 Å². The Morgan fingerprint density at radius 1 is 1.00 bits per heavy atom. The molecule has 1 aromatic carbocycles. The molecule has 0 spiro atoms. The first-order valence-corrected chi connectivity index (χ1v) is 11.3. The Kier molecular flexibility index (Phi) is 4.48. The number of hydrogen-bond donors (Lipinski definition) is 1. The summed E-state index contributed by atoms with van der Waals surface area (Å²) in [6.45, 7) is 2.04. The maximum absolute atomic E-state index is 11.7. The highest BCUT2D eigenvalue weighted by Crippen LogP contribution is 2.25. The van der Waals surface area contributed by atoms with Crippen LogP contribution in [-0.4, -0.2) is 75.1 Å². The molecular formula is C19H20N8O2S. The third-order valence-corrected chi connectivity index (χ3v) is 6.57. The normalized spacial score (nSPS) is 15.7. The lowest BCUT2D eigenvalue weighted by molar-refractivity contribution is 0.387. The second kappa shape index (κ2) is 7.18. The van der Waals surface area contributed by atoms with E-state index >= 15 is 0 Å². The Hall–Kier alpha value is -3.31. The molecule has 10 nitrogen and oxygen atoms in total. The zero-order valence-electron chi connectivity index (χ0n) is 16.3. The summed E-state index contributed by atoms with van der Waals surface area (Å²) in [4.78, 5) is 10.9. The van der Waals surface area contributed by atoms with Crippen molar-refractivity contribution in [3.05, 3.63) is 49.1 Å². The predicted octanol–water partition coefficient (Wildman–Crippen LogP) is 1.29. The molecule has 11 heteroatoms. The average molecular weight is 424 g/mol. The van der Waals surface area contributed by atoms with E-state index in [0.29, 0.717) is 32.0 Å². The highest BCUT2D eigenvalue weighted by Gasteiger charge is 2.24. The number of hydrogen-bond acceptors (Lipinski definition) is 7. The largest absolute Gasteiger partial charge is 0.354 e. The molecule has 0 unspecified atom stereocenters. The van der Waals surface area contributed by atoms with Gasteiger partial charge in [-0.3, -0.25) is 5.10 Å². The van der Waals surface area contributed by atoms with Crippen LogP contribution < -0.4 is 4.90 Å². The van der Waals surface area contributed by atoms with Crippen molar-refractivity contribution in [2.45, 2.75) is 0 Å². The Labute approximate surface area is 173 Å². The van der Waals surface area contributed by atoms with Gasteiger partial charge in [0.15, 0.2) is 5.82 Å². The van der Waals surface area contributed by atoms with Crippen LogP contribution >= 0.6 is 0 Å². The highest BCUT2D eigenvalue weighted by molar-refractivity contribution is 7.88. The van der Waals surface area contributed by atoms with Crippen molar-refractivity contribution in [1.82, 2.24) is 34.3 Å². The summed E-state index contributed by atoms with van der Waals surface area (Å²) in [5, 5.41) is 12.5. The van der Waals surface area contributed by atoms with Gasteiger partial charge in [-0.05, 0) is 12.1 Å². The average Bonchev–Trinajstić information content (AvgIpc) is 3.43. The van der Waals surface area contributed by atoms with Crippen LogP contribution in [-0.2, 0) is 10.0 Å². The highest BCUT2D eigenvalue weighted by atomic mass is 32.2. The van der Waals surface area contributed by atoms with Crippen LogP contribution in [0.4, 0.5) is 5.82 Å². The molecule has 1 fully saturated rings. The van der Waals surface area contributed by atoms with Crippen LogP contribution in [0.25, 0.3) is 28.0 Å². The molecule has 4 heterocycles. The third-order valence-electron chi connectivity index (χ3n) is 5.27. The van der Waals surface area contributed by atoms with Gasteiger partial charge in [-0.1, -0.05) is 12.1 Å². The number of aromatic nitrogens is 6. The van der Waals surface area contributed by atoms with E-state index in [1.165, 1.54) is 16.9 Å². The lowest BCUT2D eigenvalue weighted by Crippen LogP contribution is -2.48. The molecule has 1 aliphatic heterocycles. The minimum Gasteiger partial charge on any atom is -0.354 e. The first-order valence-electron chi connectivity index (χ1n) is 9.49. The molecule has 0 atom stereocenters. The molecule has 0 aliphatic carbocycles. The first-order chi connectivity index (χ1) is 14.5. The number of aromatic amines is 1. The van der Waals surface area contributed by atoms with Crippen molar-refractivity contribution in [2.24, 2.45) is 0 Å². The number of H-pyrrole nitrogens is 1. The summed E-state index contributed by atoms with van der Waals surface area (Å²) in [5.41, 5.74) is 2.86. The van der Waals surface area contributed by atoms with Gasteiger partial charge in [-0.25, -0.2) is 23.1 Å². The fraction of sp³-hybridized carbons (Fsp3) is 0.263. The van der Waals surface area contributed by atoms with Crippen molar-refractivity contribution in [3.63, 3.8) is 0 Å². The second-order valence-electron chi connectivity index (χ2n) is 7.18. The standard InChI is InChI=1S/C19H20N8O2S/c1-30(28,29)26-8-6-25(7-9-26)18-11-19(21-13-20-18)27-17-10-14(16-4-5-22-24-16)2-3-15(17)12-23-27/h2-5,10-13H,6-9H2,1H3,(H,22,24). The summed E-state index contributed by atoms with van der Waals surface area (Å²) in [7, 11) is -3.17. The molecule has 5 rings (SSSR count). The van der Waals surface area contributed by atoms with E-state index in [4.69, 9.17) is 0 Å². The molecule has 0 amide bonds. The number of sulfonamides is 1. The quantitative estimate of drug-likeness (QED) is 0.525. The van der Waals surface area contributed by atoms with E-state index in [-0.39, 0.29) is 0 Å². The molecule has 3 aromatic heterocycles. The molecule has 0 bridgehead atoms. The first kappa shape index (κ1) is 18.7. The van der Waals surface area contributed by atoms with Crippen molar-refractivity contribution in [1.29, 1.82) is 0 Å². The van der Waals surface area contributed by atoms with Gasteiger partial charge in [0.05, 0.1) is 23.7 Å². The van der Waals surface area contributed by atoms with Crippen molar-refractivity contribution in [2.75, 3.05) is 37.3 Å². The topological polar surface area (TPSA) is 113 Å². The lowest BCUT2D eigenvalue weighted by Gasteiger charge is -2.33. The van der Waals surface area contributed by atoms with E-state index in [1.54, 1.807) is 17.1 Å². The monoisotopic (exact) mass is 424 g/mol. The van der Waals surface area contributed by atoms with Crippen LogP contribution in [0, 0.1) is 0 Å². The molecule has 0 radical (unpaired) electrons. The minimum absolute atomic E-state index is 0.441. The Balaban J connectivity index is 1.46. The van der Waals surface area contributed by atoms with Gasteiger partial charge in [0.1, 0.15) is 12.1 Å². The van der Waals surface area contributed by atoms with E-state index in [2.05, 4.69) is 30.2 Å². The number of anilines is 1. The van der Waals surface area contributed by atoms with Gasteiger partial charge in [0.25, 0.3) is 0 Å². The fourth-order valence-corrected chi connectivity index (χ4v) is 4.49. The molecule has 1 N–H and O–H groups in total. The predicted molar refractivity (Wildman–Crippen MR) is 113 cm³/mol. The minimum atomic E-state index is -3.17. The van der Waals surface area contributed by atoms with Gasteiger partial charge in [0, 0.05) is 49.4 Å². The lowest BCUT2D eigenvalue weighted by atomic mass is 10.1. The van der Waals surface area contributed by atoms with E-state index in [1.807, 2.05) is 30.3 Å². The number of rotatable bonds is 4. The molecule has 4 aromatic rings. The van der Waals surface area contributed by atoms with Crippen LogP contribution in [0.2, 0.25) is 0 Å². The third kappa shape index (κ3) is 3.42. The Bertz CT molecular complexity index is 1290. The SMILES string of the molecule is CS(=O)(=O)N1CCN(c2cc(-n3ncc4ccc(-c5ccn[nH]5)cc43)ncn2)CC1. The molecule has 30 heavy (non-hydrogen) atoms. The smallest absolute Gasteiger partial charge is 0.211 e. The molecule has 1 saturated heterocycles. The molecular weight excluding hydrogens is 404 g/mol. The Morgan fingerprint density at radius 3 is 2.53 bits per heavy atom. The van der Waals surface area contributed by atoms with E-state index in [9.17, 15) is 8.42 Å². The van der Waals surface area contributed by atoms with Crippen LogP contribution in [0.1, 0.15) is 0 Å². The van der Waals surface area contributed by atoms with Crippen molar-refractivity contribution < 1.29 is 8.42 Å². The summed E-state index contributed by atoms with van der Waals surface area (Å²) in [6.07, 6.45) is 6.28.